The van der Waals surface area contributed by atoms with E-state index in [0.29, 0.717) is 43.1 Å². The first-order valence-electron chi connectivity index (χ1n) is 12.5. The molecule has 2 aromatic carbocycles. The molecule has 0 spiro atoms. The fraction of sp³-hybridized carbons (Fsp3) is 0.536. The van der Waals surface area contributed by atoms with E-state index in [0.717, 1.165) is 17.7 Å². The van der Waals surface area contributed by atoms with Gasteiger partial charge in [-0.3, -0.25) is 0 Å². The van der Waals surface area contributed by atoms with Crippen molar-refractivity contribution in [2.75, 3.05) is 19.8 Å². The minimum absolute atomic E-state index is 0.0885. The van der Waals surface area contributed by atoms with Gasteiger partial charge in [0.05, 0.1) is 13.2 Å². The van der Waals surface area contributed by atoms with Gasteiger partial charge in [0.2, 0.25) is 0 Å². The molecule has 0 aliphatic carbocycles. The van der Waals surface area contributed by atoms with E-state index in [1.807, 2.05) is 24.3 Å². The maximum atomic E-state index is 12.3. The first-order chi connectivity index (χ1) is 16.2. The normalized spacial score (nSPS) is 10.8. The summed E-state index contributed by atoms with van der Waals surface area (Å²) < 4.78 is 17.5. The lowest BCUT2D eigenvalue weighted by Crippen LogP contribution is -2.07. The molecular formula is C28H40O5. The summed E-state index contributed by atoms with van der Waals surface area (Å²) in [6.45, 7) is 5.07. The van der Waals surface area contributed by atoms with Crippen LogP contribution in [0.4, 0.5) is 0 Å². The molecule has 0 unspecified atom stereocenters. The first kappa shape index (κ1) is 26.7. The molecule has 0 fully saturated rings. The summed E-state index contributed by atoms with van der Waals surface area (Å²) >= 11 is 0. The van der Waals surface area contributed by atoms with Crippen molar-refractivity contribution < 1.29 is 24.1 Å². The summed E-state index contributed by atoms with van der Waals surface area (Å²) in [5.41, 5.74) is 1.29. The number of carbonyl (C=O) groups excluding carboxylic acids is 1. The average Bonchev–Trinajstić information content (AvgIpc) is 2.83. The summed E-state index contributed by atoms with van der Waals surface area (Å²) in [6, 6.07) is 12.8. The Labute approximate surface area is 199 Å². The Kier molecular flexibility index (Phi) is 13.1. The number of hydrogen-bond donors (Lipinski definition) is 1. The van der Waals surface area contributed by atoms with Crippen LogP contribution in [0.15, 0.2) is 42.5 Å². The predicted octanol–water partition coefficient (Wildman–Crippen LogP) is 7.10. The third kappa shape index (κ3) is 9.47. The largest absolute Gasteiger partial charge is 0.493 e. The molecule has 0 radical (unpaired) electrons. The van der Waals surface area contributed by atoms with Gasteiger partial charge in [-0.2, -0.15) is 0 Å². The highest BCUT2D eigenvalue weighted by atomic mass is 16.5. The van der Waals surface area contributed by atoms with Gasteiger partial charge in [0.25, 0.3) is 0 Å². The van der Waals surface area contributed by atoms with Gasteiger partial charge in [0.15, 0.2) is 0 Å². The van der Waals surface area contributed by atoms with Gasteiger partial charge < -0.3 is 19.3 Å². The Morgan fingerprint density at radius 2 is 1.45 bits per heavy atom. The van der Waals surface area contributed by atoms with Crippen molar-refractivity contribution in [3.05, 3.63) is 53.6 Å². The average molecular weight is 457 g/mol. The number of esters is 1. The van der Waals surface area contributed by atoms with Crippen LogP contribution in [-0.2, 0) is 11.2 Å². The molecule has 1 N–H and O–H groups in total. The van der Waals surface area contributed by atoms with Crippen molar-refractivity contribution in [2.45, 2.75) is 78.1 Å². The first-order valence-corrected chi connectivity index (χ1v) is 12.5. The zero-order chi connectivity index (χ0) is 23.7. The highest BCUT2D eigenvalue weighted by molar-refractivity contribution is 5.92. The molecule has 0 aliphatic heterocycles. The summed E-state index contributed by atoms with van der Waals surface area (Å²) in [7, 11) is 0. The fourth-order valence-electron chi connectivity index (χ4n) is 3.75. The molecule has 0 saturated carbocycles. The van der Waals surface area contributed by atoms with Crippen LogP contribution in [0.1, 0.15) is 87.6 Å². The van der Waals surface area contributed by atoms with E-state index in [2.05, 4.69) is 6.92 Å². The van der Waals surface area contributed by atoms with Crippen LogP contribution in [0.25, 0.3) is 0 Å². The van der Waals surface area contributed by atoms with Crippen LogP contribution in [0.5, 0.6) is 17.2 Å². The number of benzene rings is 2. The highest BCUT2D eigenvalue weighted by Crippen LogP contribution is 2.35. The number of aliphatic hydroxyl groups is 1. The zero-order valence-electron chi connectivity index (χ0n) is 20.3. The number of aliphatic hydroxyl groups excluding tert-OH is 1. The number of ether oxygens (including phenoxy) is 3. The van der Waals surface area contributed by atoms with E-state index in [1.165, 1.54) is 44.9 Å². The second-order valence-electron chi connectivity index (χ2n) is 8.20. The number of rotatable bonds is 17. The molecule has 182 valence electrons. The second-order valence-corrected chi connectivity index (χ2v) is 8.20. The van der Waals surface area contributed by atoms with Crippen LogP contribution >= 0.6 is 0 Å². The Balaban J connectivity index is 2.02. The van der Waals surface area contributed by atoms with Gasteiger partial charge in [0.1, 0.15) is 22.8 Å². The maximum Gasteiger partial charge on any atom is 0.341 e. The van der Waals surface area contributed by atoms with E-state index in [-0.39, 0.29) is 6.61 Å². The van der Waals surface area contributed by atoms with Gasteiger partial charge in [-0.05, 0) is 50.5 Å². The molecule has 33 heavy (non-hydrogen) atoms. The molecule has 0 aliphatic rings. The van der Waals surface area contributed by atoms with Gasteiger partial charge in [-0.15, -0.1) is 0 Å². The van der Waals surface area contributed by atoms with E-state index < -0.39 is 5.97 Å². The van der Waals surface area contributed by atoms with Crippen molar-refractivity contribution in [2.24, 2.45) is 0 Å². The lowest BCUT2D eigenvalue weighted by molar-refractivity contribution is 0.0523. The van der Waals surface area contributed by atoms with Crippen LogP contribution in [0, 0.1) is 0 Å². The molecule has 5 nitrogen and oxygen atoms in total. The lowest BCUT2D eigenvalue weighted by atomic mass is 10.1. The van der Waals surface area contributed by atoms with Crippen molar-refractivity contribution in [1.29, 1.82) is 0 Å². The molecule has 0 aromatic heterocycles. The molecule has 0 heterocycles. The Hall–Kier alpha value is -2.53. The smallest absolute Gasteiger partial charge is 0.341 e. The van der Waals surface area contributed by atoms with Gasteiger partial charge >= 0.3 is 5.97 Å². The number of unbranched alkanes of at least 4 members (excludes halogenated alkanes) is 7. The van der Waals surface area contributed by atoms with Crippen molar-refractivity contribution >= 4 is 5.97 Å². The van der Waals surface area contributed by atoms with Crippen molar-refractivity contribution in [1.82, 2.24) is 0 Å². The van der Waals surface area contributed by atoms with Crippen LogP contribution in [0.3, 0.4) is 0 Å². The summed E-state index contributed by atoms with van der Waals surface area (Å²) in [5.74, 6) is 1.44. The van der Waals surface area contributed by atoms with Crippen LogP contribution in [0.2, 0.25) is 0 Å². The molecular weight excluding hydrogens is 416 g/mol. The van der Waals surface area contributed by atoms with E-state index in [9.17, 15) is 9.90 Å². The second kappa shape index (κ2) is 16.1. The zero-order valence-corrected chi connectivity index (χ0v) is 20.3. The van der Waals surface area contributed by atoms with Gasteiger partial charge in [-0.25, -0.2) is 4.79 Å². The maximum absolute atomic E-state index is 12.3. The van der Waals surface area contributed by atoms with Crippen LogP contribution < -0.4 is 9.47 Å². The van der Waals surface area contributed by atoms with Crippen molar-refractivity contribution in [3.8, 4) is 17.2 Å². The summed E-state index contributed by atoms with van der Waals surface area (Å²) in [6.07, 6.45) is 11.2. The minimum Gasteiger partial charge on any atom is -0.493 e. The molecule has 2 aromatic rings. The molecule has 0 bridgehead atoms. The van der Waals surface area contributed by atoms with E-state index in [1.54, 1.807) is 25.1 Å². The molecule has 0 atom stereocenters. The minimum atomic E-state index is -0.410. The van der Waals surface area contributed by atoms with E-state index in [4.69, 9.17) is 14.2 Å². The Morgan fingerprint density at radius 3 is 2.18 bits per heavy atom. The standard InChI is InChI=1S/C28H40O5/c1-3-5-6-7-8-9-10-13-22-32-25-19-14-20-26(23(25)17-15-21-29)33-27-18-12-11-16-24(27)28(30)31-4-2/h11-12,14,16,18-20,29H,3-10,13,15,17,21-22H2,1-2H3. The Bertz CT molecular complexity index is 818. The predicted molar refractivity (Wildman–Crippen MR) is 132 cm³/mol. The monoisotopic (exact) mass is 456 g/mol. The topological polar surface area (TPSA) is 65.0 Å². The highest BCUT2D eigenvalue weighted by Gasteiger charge is 2.17. The third-order valence-corrected chi connectivity index (χ3v) is 5.53. The third-order valence-electron chi connectivity index (χ3n) is 5.53. The summed E-state index contributed by atoms with van der Waals surface area (Å²) in [5, 5.41) is 9.38. The van der Waals surface area contributed by atoms with Crippen LogP contribution in [-0.4, -0.2) is 30.9 Å². The molecule has 5 heteroatoms. The lowest BCUT2D eigenvalue weighted by Gasteiger charge is -2.17. The van der Waals surface area contributed by atoms with E-state index >= 15 is 0 Å². The van der Waals surface area contributed by atoms with Gasteiger partial charge in [0, 0.05) is 12.2 Å². The molecule has 2 rings (SSSR count). The summed E-state index contributed by atoms with van der Waals surface area (Å²) in [4.78, 5) is 12.3. The van der Waals surface area contributed by atoms with Crippen molar-refractivity contribution in [3.63, 3.8) is 0 Å². The quantitative estimate of drug-likeness (QED) is 0.203. The number of para-hydroxylation sites is 1. The Morgan fingerprint density at radius 1 is 0.788 bits per heavy atom. The fourth-order valence-corrected chi connectivity index (χ4v) is 3.75. The number of hydrogen-bond acceptors (Lipinski definition) is 5. The molecule has 0 amide bonds. The number of carbonyl (C=O) groups is 1. The van der Waals surface area contributed by atoms with Gasteiger partial charge in [-0.1, -0.05) is 70.1 Å². The SMILES string of the molecule is CCCCCCCCCCOc1cccc(Oc2ccccc2C(=O)OCC)c1CCCO. The molecule has 0 saturated heterocycles.